The van der Waals surface area contributed by atoms with E-state index in [0.717, 1.165) is 44.5 Å². The van der Waals surface area contributed by atoms with E-state index in [0.29, 0.717) is 18.4 Å². The number of benzene rings is 1. The molecule has 1 aromatic rings. The second-order valence-electron chi connectivity index (χ2n) is 12.1. The first-order valence-electron chi connectivity index (χ1n) is 15.1. The number of hydrogen-bond acceptors (Lipinski definition) is 3. The summed E-state index contributed by atoms with van der Waals surface area (Å²) in [5.41, 5.74) is 4.39. The number of piperidine rings is 1. The van der Waals surface area contributed by atoms with Crippen LogP contribution in [0.15, 0.2) is 29.8 Å². The predicted molar refractivity (Wildman–Crippen MR) is 153 cm³/mol. The Morgan fingerprint density at radius 3 is 2.31 bits per heavy atom. The van der Waals surface area contributed by atoms with Crippen LogP contribution in [0.5, 0.6) is 5.75 Å². The van der Waals surface area contributed by atoms with E-state index in [1.807, 2.05) is 6.07 Å². The summed E-state index contributed by atoms with van der Waals surface area (Å²) < 4.78 is 5.82. The molecule has 1 aromatic carbocycles. The van der Waals surface area contributed by atoms with E-state index in [4.69, 9.17) is 4.74 Å². The fourth-order valence-electron chi connectivity index (χ4n) is 6.39. The van der Waals surface area contributed by atoms with Gasteiger partial charge in [0.15, 0.2) is 0 Å². The van der Waals surface area contributed by atoms with Gasteiger partial charge in [-0.05, 0) is 74.2 Å². The molecule has 3 nitrogen and oxygen atoms in total. The normalized spacial score (nSPS) is 23.2. The van der Waals surface area contributed by atoms with Gasteiger partial charge in [-0.15, -0.1) is 0 Å². The van der Waals surface area contributed by atoms with Crippen LogP contribution in [0, 0.1) is 5.92 Å². The van der Waals surface area contributed by atoms with Gasteiger partial charge in [-0.1, -0.05) is 103 Å². The van der Waals surface area contributed by atoms with Crippen molar-refractivity contribution in [2.45, 2.75) is 136 Å². The van der Waals surface area contributed by atoms with Gasteiger partial charge in [0.1, 0.15) is 5.75 Å². The van der Waals surface area contributed by atoms with Crippen LogP contribution in [0.3, 0.4) is 0 Å². The Morgan fingerprint density at radius 1 is 1.03 bits per heavy atom. The maximum absolute atomic E-state index is 12.5. The molecule has 0 saturated carbocycles. The Kier molecular flexibility index (Phi) is 11.5. The molecule has 0 N–H and O–H groups in total. The third-order valence-corrected chi connectivity index (χ3v) is 9.05. The molecule has 1 aliphatic carbocycles. The summed E-state index contributed by atoms with van der Waals surface area (Å²) in [4.78, 5) is 15.2. The highest BCUT2D eigenvalue weighted by Gasteiger charge is 2.48. The third kappa shape index (κ3) is 7.94. The zero-order valence-electron chi connectivity index (χ0n) is 24.0. The van der Waals surface area contributed by atoms with Crippen LogP contribution < -0.4 is 4.74 Å². The molecule has 0 aromatic heterocycles. The smallest absolute Gasteiger partial charge is 0.311 e. The first kappa shape index (κ1) is 29.0. The van der Waals surface area contributed by atoms with Gasteiger partial charge in [-0.2, -0.15) is 0 Å². The van der Waals surface area contributed by atoms with Crippen molar-refractivity contribution in [1.29, 1.82) is 0 Å². The van der Waals surface area contributed by atoms with E-state index in [1.165, 1.54) is 74.5 Å². The largest absolute Gasteiger partial charge is 0.427 e. The molecule has 3 heteroatoms. The molecule has 202 valence electrons. The van der Waals surface area contributed by atoms with Crippen molar-refractivity contribution < 1.29 is 9.53 Å². The SMILES string of the molecule is CCCCCCCCCCCCCC(=O)Oc1ccc2c(c1)C1(C)CCN(CC=C(C)C)C(C2)C1C. The summed E-state index contributed by atoms with van der Waals surface area (Å²) in [6.45, 7) is 13.7. The first-order valence-corrected chi connectivity index (χ1v) is 15.1. The van der Waals surface area contributed by atoms with E-state index in [2.05, 4.69) is 57.7 Å². The number of nitrogens with zero attached hydrogens (tertiary/aromatic N) is 1. The van der Waals surface area contributed by atoms with Gasteiger partial charge >= 0.3 is 5.97 Å². The van der Waals surface area contributed by atoms with Gasteiger partial charge in [-0.3, -0.25) is 9.69 Å². The summed E-state index contributed by atoms with van der Waals surface area (Å²) in [6.07, 6.45) is 19.4. The minimum absolute atomic E-state index is 0.0747. The quantitative estimate of drug-likeness (QED) is 0.105. The van der Waals surface area contributed by atoms with Crippen LogP contribution in [0.4, 0.5) is 0 Å². The van der Waals surface area contributed by atoms with Crippen molar-refractivity contribution in [3.05, 3.63) is 41.0 Å². The second-order valence-corrected chi connectivity index (χ2v) is 12.1. The van der Waals surface area contributed by atoms with E-state index >= 15 is 0 Å². The maximum Gasteiger partial charge on any atom is 0.311 e. The van der Waals surface area contributed by atoms with Crippen LogP contribution in [-0.4, -0.2) is 30.0 Å². The number of carbonyl (C=O) groups excluding carboxylic acids is 1. The van der Waals surface area contributed by atoms with Crippen LogP contribution in [-0.2, 0) is 16.6 Å². The van der Waals surface area contributed by atoms with E-state index in [1.54, 1.807) is 0 Å². The highest BCUT2D eigenvalue weighted by Crippen LogP contribution is 2.49. The number of carbonyl (C=O) groups is 1. The Bertz CT molecular complexity index is 855. The predicted octanol–water partition coefficient (Wildman–Crippen LogP) is 8.78. The highest BCUT2D eigenvalue weighted by atomic mass is 16.5. The van der Waals surface area contributed by atoms with Crippen LogP contribution >= 0.6 is 0 Å². The minimum Gasteiger partial charge on any atom is -0.427 e. The Balaban J connectivity index is 1.43. The summed E-state index contributed by atoms with van der Waals surface area (Å²) in [7, 11) is 0. The molecule has 2 bridgehead atoms. The van der Waals surface area contributed by atoms with Crippen molar-refractivity contribution >= 4 is 5.97 Å². The molecular weight excluding hydrogens is 442 g/mol. The number of rotatable bonds is 15. The average Bonchev–Trinajstić information content (AvgIpc) is 2.84. The van der Waals surface area contributed by atoms with Gasteiger partial charge in [-0.25, -0.2) is 0 Å². The standard InChI is InChI=1S/C33H53NO2/c1-6-7-8-9-10-11-12-13-14-15-16-17-32(35)36-29-19-18-28-24-31-27(4)33(5,30(28)25-29)21-23-34(31)22-20-26(2)3/h18-20,25,27,31H,6-17,21-24H2,1-5H3. The summed E-state index contributed by atoms with van der Waals surface area (Å²) in [5.74, 6) is 1.25. The second kappa shape index (κ2) is 14.4. The lowest BCUT2D eigenvalue weighted by atomic mass is 9.59. The first-order chi connectivity index (χ1) is 17.3. The van der Waals surface area contributed by atoms with Crippen LogP contribution in [0.2, 0.25) is 0 Å². The van der Waals surface area contributed by atoms with Gasteiger partial charge in [0.05, 0.1) is 0 Å². The van der Waals surface area contributed by atoms with Crippen molar-refractivity contribution in [3.63, 3.8) is 0 Å². The summed E-state index contributed by atoms with van der Waals surface area (Å²) in [5, 5.41) is 0. The van der Waals surface area contributed by atoms with Crippen molar-refractivity contribution in [2.24, 2.45) is 5.92 Å². The van der Waals surface area contributed by atoms with Gasteiger partial charge in [0, 0.05) is 19.0 Å². The molecule has 3 atom stereocenters. The molecule has 36 heavy (non-hydrogen) atoms. The minimum atomic E-state index is -0.0747. The van der Waals surface area contributed by atoms with Gasteiger partial charge < -0.3 is 4.74 Å². The Hall–Kier alpha value is -1.61. The lowest BCUT2D eigenvalue weighted by Gasteiger charge is -2.54. The number of fused-ring (bicyclic) bond motifs is 4. The molecule has 1 heterocycles. The zero-order chi connectivity index (χ0) is 26.0. The van der Waals surface area contributed by atoms with Gasteiger partial charge in [0.25, 0.3) is 0 Å². The Labute approximate surface area is 222 Å². The number of unbranched alkanes of at least 4 members (excludes halogenated alkanes) is 10. The molecular formula is C33H53NO2. The van der Waals surface area contributed by atoms with E-state index in [-0.39, 0.29) is 11.4 Å². The third-order valence-electron chi connectivity index (χ3n) is 9.05. The maximum atomic E-state index is 12.5. The average molecular weight is 496 g/mol. The lowest BCUT2D eigenvalue weighted by molar-refractivity contribution is -0.134. The lowest BCUT2D eigenvalue weighted by Crippen LogP contribution is -2.57. The molecule has 3 unspecified atom stereocenters. The molecule has 0 amide bonds. The molecule has 1 fully saturated rings. The Morgan fingerprint density at radius 2 is 1.67 bits per heavy atom. The van der Waals surface area contributed by atoms with Crippen molar-refractivity contribution in [2.75, 3.05) is 13.1 Å². The molecule has 3 rings (SSSR count). The molecule has 1 saturated heterocycles. The van der Waals surface area contributed by atoms with Gasteiger partial charge in [0.2, 0.25) is 0 Å². The number of ether oxygens (including phenoxy) is 1. The summed E-state index contributed by atoms with van der Waals surface area (Å²) in [6, 6.07) is 7.02. The zero-order valence-corrected chi connectivity index (χ0v) is 24.0. The number of hydrogen-bond donors (Lipinski definition) is 0. The molecule has 0 spiro atoms. The topological polar surface area (TPSA) is 29.5 Å². The van der Waals surface area contributed by atoms with Crippen LogP contribution in [0.25, 0.3) is 0 Å². The molecule has 2 aliphatic rings. The fourth-order valence-corrected chi connectivity index (χ4v) is 6.39. The highest BCUT2D eigenvalue weighted by molar-refractivity contribution is 5.72. The van der Waals surface area contributed by atoms with Crippen molar-refractivity contribution in [3.8, 4) is 5.75 Å². The number of allylic oxidation sites excluding steroid dienone is 1. The monoisotopic (exact) mass is 495 g/mol. The number of likely N-dealkylation sites (tertiary alicyclic amines) is 1. The summed E-state index contributed by atoms with van der Waals surface area (Å²) >= 11 is 0. The number of esters is 1. The molecule has 0 radical (unpaired) electrons. The molecule has 1 aliphatic heterocycles. The van der Waals surface area contributed by atoms with Crippen molar-refractivity contribution in [1.82, 2.24) is 4.90 Å². The van der Waals surface area contributed by atoms with E-state index < -0.39 is 0 Å². The van der Waals surface area contributed by atoms with E-state index in [9.17, 15) is 4.79 Å². The van der Waals surface area contributed by atoms with Crippen LogP contribution in [0.1, 0.15) is 129 Å². The fraction of sp³-hybridized carbons (Fsp3) is 0.727.